The molecule has 3 heterocycles. The van der Waals surface area contributed by atoms with Crippen LogP contribution in [-0.4, -0.2) is 77.2 Å². The molecule has 1 aromatic rings. The number of nitrogens with zero attached hydrogens (tertiary/aromatic N) is 2. The molecular weight excluding hydrogens is 504 g/mol. The first kappa shape index (κ1) is 28.2. The topological polar surface area (TPSA) is 96.4 Å². The van der Waals surface area contributed by atoms with Crippen LogP contribution in [0.4, 0.5) is 5.69 Å². The van der Waals surface area contributed by atoms with Crippen LogP contribution in [0.1, 0.15) is 32.6 Å². The van der Waals surface area contributed by atoms with Crippen molar-refractivity contribution in [2.45, 2.75) is 48.6 Å². The number of hydrogen-bond donors (Lipinski definition) is 1. The van der Waals surface area contributed by atoms with Gasteiger partial charge in [-0.05, 0) is 55.9 Å². The van der Waals surface area contributed by atoms with E-state index in [1.807, 2.05) is 12.1 Å². The van der Waals surface area contributed by atoms with E-state index < -0.39 is 22.6 Å². The third-order valence-corrected chi connectivity index (χ3v) is 10.2. The Morgan fingerprint density at radius 3 is 2.58 bits per heavy atom. The molecule has 6 atom stereocenters. The predicted octanol–water partition coefficient (Wildman–Crippen LogP) is 3.44. The van der Waals surface area contributed by atoms with Crippen molar-refractivity contribution in [3.63, 3.8) is 0 Å². The lowest BCUT2D eigenvalue weighted by molar-refractivity contribution is -0.153. The Morgan fingerprint density at radius 1 is 1.21 bits per heavy atom. The lowest BCUT2D eigenvalue weighted by Crippen LogP contribution is -2.57. The number of amides is 2. The van der Waals surface area contributed by atoms with Crippen LogP contribution in [-0.2, 0) is 19.1 Å². The van der Waals surface area contributed by atoms with Crippen molar-refractivity contribution in [1.82, 2.24) is 4.90 Å². The highest BCUT2D eigenvalue weighted by Gasteiger charge is 2.76. The van der Waals surface area contributed by atoms with Gasteiger partial charge >= 0.3 is 5.97 Å². The van der Waals surface area contributed by atoms with Crippen molar-refractivity contribution >= 4 is 35.2 Å². The summed E-state index contributed by atoms with van der Waals surface area (Å²) in [6.07, 6.45) is 5.98. The molecule has 1 N–H and O–H groups in total. The summed E-state index contributed by atoms with van der Waals surface area (Å²) in [6.45, 7) is 10.4. The van der Waals surface area contributed by atoms with Crippen LogP contribution in [0.5, 0.6) is 5.75 Å². The molecule has 8 nitrogen and oxygen atoms in total. The maximum absolute atomic E-state index is 14.5. The van der Waals surface area contributed by atoms with Crippen molar-refractivity contribution in [2.24, 2.45) is 17.8 Å². The highest BCUT2D eigenvalue weighted by atomic mass is 32.2. The van der Waals surface area contributed by atoms with Gasteiger partial charge in [-0.1, -0.05) is 25.7 Å². The van der Waals surface area contributed by atoms with Crippen molar-refractivity contribution < 1.29 is 29.0 Å². The second kappa shape index (κ2) is 11.9. The fraction of sp³-hybridized carbons (Fsp3) is 0.552. The van der Waals surface area contributed by atoms with Gasteiger partial charge in [0.1, 0.15) is 18.4 Å². The van der Waals surface area contributed by atoms with E-state index in [9.17, 15) is 19.5 Å². The quantitative estimate of drug-likeness (QED) is 0.232. The van der Waals surface area contributed by atoms with Gasteiger partial charge in [0, 0.05) is 30.6 Å². The number of thioether (sulfide) groups is 1. The average Bonchev–Trinajstić information content (AvgIpc) is 3.51. The van der Waals surface area contributed by atoms with E-state index in [1.165, 1.54) is 6.08 Å². The van der Waals surface area contributed by atoms with E-state index in [-0.39, 0.29) is 48.7 Å². The van der Waals surface area contributed by atoms with Crippen LogP contribution in [0.15, 0.2) is 49.6 Å². The zero-order valence-electron chi connectivity index (χ0n) is 22.2. The first-order chi connectivity index (χ1) is 18.3. The number of esters is 1. The van der Waals surface area contributed by atoms with Crippen LogP contribution in [0.3, 0.4) is 0 Å². The summed E-state index contributed by atoms with van der Waals surface area (Å²) in [5.41, 5.74) is 0.690. The van der Waals surface area contributed by atoms with Gasteiger partial charge in [0.25, 0.3) is 5.91 Å². The molecule has 4 rings (SSSR count). The molecule has 38 heavy (non-hydrogen) atoms. The fourth-order valence-corrected chi connectivity index (χ4v) is 8.88. The summed E-state index contributed by atoms with van der Waals surface area (Å²) < 4.78 is 10.0. The van der Waals surface area contributed by atoms with Gasteiger partial charge in [-0.25, -0.2) is 0 Å². The molecular formula is C29H38N2O6S. The monoisotopic (exact) mass is 542 g/mol. The lowest BCUT2D eigenvalue weighted by atomic mass is 9.66. The molecule has 2 bridgehead atoms. The van der Waals surface area contributed by atoms with Crippen LogP contribution in [0.2, 0.25) is 0 Å². The molecule has 3 saturated heterocycles. The zero-order valence-corrected chi connectivity index (χ0v) is 23.0. The first-order valence-corrected chi connectivity index (χ1v) is 14.2. The molecule has 0 radical (unpaired) electrons. The largest absolute Gasteiger partial charge is 0.497 e. The Morgan fingerprint density at radius 2 is 1.95 bits per heavy atom. The number of unbranched alkanes of at least 4 members (excludes halogenated alkanes) is 2. The van der Waals surface area contributed by atoms with Crippen LogP contribution < -0.4 is 9.64 Å². The number of methoxy groups -OCH3 is 1. The van der Waals surface area contributed by atoms with E-state index in [0.29, 0.717) is 30.8 Å². The number of aliphatic hydroxyl groups excluding tert-OH is 1. The van der Waals surface area contributed by atoms with Crippen molar-refractivity contribution in [1.29, 1.82) is 0 Å². The van der Waals surface area contributed by atoms with Gasteiger partial charge in [0.15, 0.2) is 0 Å². The molecule has 0 aliphatic carbocycles. The van der Waals surface area contributed by atoms with Crippen molar-refractivity contribution in [3.05, 3.63) is 49.6 Å². The number of fused-ring (bicyclic) bond motifs is 1. The lowest BCUT2D eigenvalue weighted by Gasteiger charge is -2.40. The number of rotatable bonds is 13. The van der Waals surface area contributed by atoms with Crippen molar-refractivity contribution in [3.8, 4) is 5.75 Å². The third kappa shape index (κ3) is 4.75. The van der Waals surface area contributed by atoms with E-state index in [2.05, 4.69) is 20.1 Å². The highest BCUT2D eigenvalue weighted by Crippen LogP contribution is 2.68. The maximum Gasteiger partial charge on any atom is 0.311 e. The second-order valence-corrected chi connectivity index (χ2v) is 11.8. The number of hydrogen-bond acceptors (Lipinski definition) is 7. The van der Waals surface area contributed by atoms with E-state index in [4.69, 9.17) is 9.47 Å². The summed E-state index contributed by atoms with van der Waals surface area (Å²) in [5.74, 6) is -1.17. The maximum atomic E-state index is 14.5. The highest BCUT2D eigenvalue weighted by molar-refractivity contribution is 8.02. The van der Waals surface area contributed by atoms with Gasteiger partial charge < -0.3 is 24.4 Å². The third-order valence-electron chi connectivity index (χ3n) is 8.11. The van der Waals surface area contributed by atoms with Gasteiger partial charge in [0.05, 0.1) is 23.7 Å². The molecule has 206 valence electrons. The number of carbonyl (C=O) groups excluding carboxylic acids is 3. The standard InChI is InChI=1S/C29H38N2O6S/c1-5-14-30(20-10-12-21(36-4)13-11-20)27(34)25-29-19(3)18-22(38-29)23(28(35)37-17-6-2)24(29)26(33)31(25)15-8-7-9-16-32/h5-6,10-13,19,22-25,32H,1-2,7-9,14-18H2,3-4H3/t19?,22-,23+,24+,25?,29?/m1/s1. The first-order valence-electron chi connectivity index (χ1n) is 13.3. The molecule has 3 aliphatic heterocycles. The smallest absolute Gasteiger partial charge is 0.311 e. The molecule has 3 unspecified atom stereocenters. The molecule has 0 saturated carbocycles. The van der Waals surface area contributed by atoms with Gasteiger partial charge in [-0.15, -0.1) is 18.3 Å². The molecule has 3 aliphatic rings. The Bertz CT molecular complexity index is 1060. The minimum absolute atomic E-state index is 0.0627. The van der Waals surface area contributed by atoms with E-state index in [0.717, 1.165) is 12.8 Å². The Kier molecular flexibility index (Phi) is 8.88. The number of benzene rings is 1. The van der Waals surface area contributed by atoms with Gasteiger partial charge in [0.2, 0.25) is 5.91 Å². The van der Waals surface area contributed by atoms with Crippen LogP contribution in [0, 0.1) is 17.8 Å². The van der Waals surface area contributed by atoms with Crippen molar-refractivity contribution in [2.75, 3.05) is 38.3 Å². The number of aliphatic hydroxyl groups is 1. The second-order valence-electron chi connectivity index (χ2n) is 10.2. The van der Waals surface area contributed by atoms with Crippen LogP contribution in [0.25, 0.3) is 0 Å². The summed E-state index contributed by atoms with van der Waals surface area (Å²) >= 11 is 1.63. The summed E-state index contributed by atoms with van der Waals surface area (Å²) in [6, 6.07) is 6.54. The summed E-state index contributed by atoms with van der Waals surface area (Å²) in [4.78, 5) is 45.2. The van der Waals surface area contributed by atoms with Crippen LogP contribution >= 0.6 is 11.8 Å². The Hall–Kier alpha value is -2.78. The molecule has 1 aromatic carbocycles. The molecule has 0 aromatic heterocycles. The van der Waals surface area contributed by atoms with Gasteiger partial charge in [-0.2, -0.15) is 0 Å². The normalized spacial score (nSPS) is 29.2. The SMILES string of the molecule is C=CCOC(=O)[C@@H]1[C@H]2C(=O)N(CCCCCO)C(C(=O)N(CC=C)c3ccc(OC)cc3)C23S[C@@H]1CC3C. The average molecular weight is 543 g/mol. The summed E-state index contributed by atoms with van der Waals surface area (Å²) in [7, 11) is 1.59. The molecule has 2 amide bonds. The Labute approximate surface area is 229 Å². The number of carbonyl (C=O) groups is 3. The molecule has 3 fully saturated rings. The number of likely N-dealkylation sites (tertiary alicyclic amines) is 1. The minimum Gasteiger partial charge on any atom is -0.497 e. The number of ether oxygens (including phenoxy) is 2. The molecule has 1 spiro atoms. The predicted molar refractivity (Wildman–Crippen MR) is 148 cm³/mol. The van der Waals surface area contributed by atoms with E-state index >= 15 is 0 Å². The minimum atomic E-state index is -0.724. The number of anilines is 1. The molecule has 9 heteroatoms. The van der Waals surface area contributed by atoms with Gasteiger partial charge in [-0.3, -0.25) is 14.4 Å². The zero-order chi connectivity index (χ0) is 27.4. The Balaban J connectivity index is 1.74. The summed E-state index contributed by atoms with van der Waals surface area (Å²) in [5, 5.41) is 9.17. The van der Waals surface area contributed by atoms with E-state index in [1.54, 1.807) is 46.9 Å². The fourth-order valence-electron chi connectivity index (χ4n) is 6.48.